The molecule has 6 heteroatoms. The minimum absolute atomic E-state index is 0.0245. The van der Waals surface area contributed by atoms with Crippen molar-refractivity contribution >= 4 is 5.91 Å². The summed E-state index contributed by atoms with van der Waals surface area (Å²) < 4.78 is 1.62. The van der Waals surface area contributed by atoms with Gasteiger partial charge < -0.3 is 10.4 Å². The summed E-state index contributed by atoms with van der Waals surface area (Å²) in [6, 6.07) is 7.50. The second kappa shape index (κ2) is 5.89. The summed E-state index contributed by atoms with van der Waals surface area (Å²) in [6.45, 7) is 2.12. The molecule has 0 saturated heterocycles. The van der Waals surface area contributed by atoms with E-state index in [0.717, 1.165) is 37.8 Å². The van der Waals surface area contributed by atoms with Crippen LogP contribution in [0.2, 0.25) is 0 Å². The lowest BCUT2D eigenvalue weighted by molar-refractivity contribution is -0.171. The minimum Gasteiger partial charge on any atom is -0.390 e. The Labute approximate surface area is 159 Å². The van der Waals surface area contributed by atoms with Crippen LogP contribution in [0.25, 0.3) is 5.69 Å². The summed E-state index contributed by atoms with van der Waals surface area (Å²) in [5.74, 6) is 1.13. The number of carbonyl (C=O) groups is 1. The molecule has 1 aromatic heterocycles. The molecule has 2 N–H and O–H groups in total. The summed E-state index contributed by atoms with van der Waals surface area (Å²) in [6.07, 6.45) is 9.27. The van der Waals surface area contributed by atoms with E-state index in [2.05, 4.69) is 22.3 Å². The Kier molecular flexibility index (Phi) is 3.69. The maximum atomic E-state index is 13.1. The smallest absolute Gasteiger partial charge is 0.253 e. The quantitative estimate of drug-likeness (QED) is 0.872. The lowest BCUT2D eigenvalue weighted by atomic mass is 9.46. The number of hydrogen-bond donors (Lipinski definition) is 2. The SMILES string of the molecule is C[C@@H](NC(=O)c1ccccc1-n1cncn1)C12C[C@H]3C[C@@H](CC(O)(C3)C1)C2. The van der Waals surface area contributed by atoms with Crippen LogP contribution in [-0.4, -0.2) is 37.4 Å². The van der Waals surface area contributed by atoms with E-state index >= 15 is 0 Å². The number of amides is 1. The first-order valence-electron chi connectivity index (χ1n) is 9.94. The van der Waals surface area contributed by atoms with Crippen molar-refractivity contribution in [2.45, 2.75) is 57.1 Å². The molecule has 4 saturated carbocycles. The van der Waals surface area contributed by atoms with Crippen molar-refractivity contribution in [3.05, 3.63) is 42.5 Å². The molecule has 0 aliphatic heterocycles. The monoisotopic (exact) mass is 366 g/mol. The predicted octanol–water partition coefficient (Wildman–Crippen LogP) is 2.72. The average Bonchev–Trinajstić information content (AvgIpc) is 3.14. The zero-order valence-corrected chi connectivity index (χ0v) is 15.6. The van der Waals surface area contributed by atoms with E-state index in [1.54, 1.807) is 11.0 Å². The van der Waals surface area contributed by atoms with E-state index in [-0.39, 0.29) is 17.4 Å². The van der Waals surface area contributed by atoms with Crippen molar-refractivity contribution in [1.82, 2.24) is 20.1 Å². The third-order valence-electron chi connectivity index (χ3n) is 7.16. The van der Waals surface area contributed by atoms with E-state index in [1.807, 2.05) is 24.3 Å². The summed E-state index contributed by atoms with van der Waals surface area (Å²) in [5.41, 5.74) is 0.834. The molecule has 4 aliphatic rings. The number of aliphatic hydroxyl groups is 1. The summed E-state index contributed by atoms with van der Waals surface area (Å²) >= 11 is 0. The van der Waals surface area contributed by atoms with Crippen molar-refractivity contribution in [1.29, 1.82) is 0 Å². The van der Waals surface area contributed by atoms with Gasteiger partial charge in [-0.1, -0.05) is 12.1 Å². The molecule has 1 heterocycles. The van der Waals surface area contributed by atoms with Gasteiger partial charge in [0, 0.05) is 6.04 Å². The van der Waals surface area contributed by atoms with Gasteiger partial charge in [-0.15, -0.1) is 0 Å². The zero-order chi connectivity index (χ0) is 18.6. The van der Waals surface area contributed by atoms with E-state index < -0.39 is 5.60 Å². The predicted molar refractivity (Wildman–Crippen MR) is 100 cm³/mol. The van der Waals surface area contributed by atoms with E-state index in [4.69, 9.17) is 0 Å². The maximum Gasteiger partial charge on any atom is 0.253 e. The summed E-state index contributed by atoms with van der Waals surface area (Å²) in [5, 5.41) is 18.4. The number of hydrogen-bond acceptors (Lipinski definition) is 4. The number of rotatable bonds is 4. The number of nitrogens with one attached hydrogen (secondary N) is 1. The molecule has 0 unspecified atom stereocenters. The van der Waals surface area contributed by atoms with Crippen LogP contribution in [0.15, 0.2) is 36.9 Å². The molecule has 4 fully saturated rings. The largest absolute Gasteiger partial charge is 0.390 e. The molecule has 4 aliphatic carbocycles. The highest BCUT2D eigenvalue weighted by atomic mass is 16.3. The second-order valence-electron chi connectivity index (χ2n) is 9.10. The van der Waals surface area contributed by atoms with Gasteiger partial charge in [0.25, 0.3) is 5.91 Å². The number of carbonyl (C=O) groups excluding carboxylic acids is 1. The fourth-order valence-electron chi connectivity index (χ4n) is 6.42. The summed E-state index contributed by atoms with van der Waals surface area (Å²) in [4.78, 5) is 17.1. The highest BCUT2D eigenvalue weighted by molar-refractivity contribution is 5.97. The van der Waals surface area contributed by atoms with Gasteiger partial charge in [-0.3, -0.25) is 4.79 Å². The van der Waals surface area contributed by atoms with Crippen LogP contribution in [0, 0.1) is 17.3 Å². The molecule has 27 heavy (non-hydrogen) atoms. The third kappa shape index (κ3) is 2.78. The van der Waals surface area contributed by atoms with E-state index in [9.17, 15) is 9.90 Å². The van der Waals surface area contributed by atoms with Crippen LogP contribution < -0.4 is 5.32 Å². The lowest BCUT2D eigenvalue weighted by Gasteiger charge is -2.62. The van der Waals surface area contributed by atoms with Crippen LogP contribution in [0.1, 0.15) is 55.8 Å². The first-order chi connectivity index (χ1) is 13.0. The maximum absolute atomic E-state index is 13.1. The molecule has 2 aromatic rings. The van der Waals surface area contributed by atoms with Crippen molar-refractivity contribution in [3.63, 3.8) is 0 Å². The fourth-order valence-corrected chi connectivity index (χ4v) is 6.42. The standard InChI is InChI=1S/C21H26N4O2/c1-14(20-7-15-6-16(8-20)10-21(27,9-15)11-20)24-19(26)17-4-2-3-5-18(17)25-13-22-12-23-25/h2-5,12-16,27H,6-11H2,1H3,(H,24,26)/t14-,15-,16-,20?,21?/m1/s1. The number of nitrogens with zero attached hydrogens (tertiary/aromatic N) is 3. The van der Waals surface area contributed by atoms with Crippen molar-refractivity contribution < 1.29 is 9.90 Å². The van der Waals surface area contributed by atoms with Gasteiger partial charge in [-0.25, -0.2) is 9.67 Å². The fraction of sp³-hybridized carbons (Fsp3) is 0.571. The van der Waals surface area contributed by atoms with Crippen molar-refractivity contribution in [3.8, 4) is 5.69 Å². The van der Waals surface area contributed by atoms with Crippen LogP contribution >= 0.6 is 0 Å². The molecule has 0 radical (unpaired) electrons. The van der Waals surface area contributed by atoms with Gasteiger partial charge >= 0.3 is 0 Å². The first-order valence-corrected chi connectivity index (χ1v) is 9.94. The van der Waals surface area contributed by atoms with Gasteiger partial charge in [0.15, 0.2) is 0 Å². The first kappa shape index (κ1) is 16.9. The molecule has 0 spiro atoms. The molecule has 142 valence electrons. The lowest BCUT2D eigenvalue weighted by Crippen LogP contribution is -2.61. The molecule has 1 amide bonds. The number of aromatic nitrogens is 3. The van der Waals surface area contributed by atoms with Gasteiger partial charge in [0.05, 0.1) is 16.9 Å². The zero-order valence-electron chi connectivity index (χ0n) is 15.6. The Balaban J connectivity index is 1.39. The van der Waals surface area contributed by atoms with E-state index in [1.165, 1.54) is 12.7 Å². The second-order valence-corrected chi connectivity index (χ2v) is 9.10. The molecule has 1 aromatic carbocycles. The minimum atomic E-state index is -0.512. The van der Waals surface area contributed by atoms with Crippen LogP contribution in [0.5, 0.6) is 0 Å². The normalized spacial score (nSPS) is 35.2. The molecular formula is C21H26N4O2. The third-order valence-corrected chi connectivity index (χ3v) is 7.16. The van der Waals surface area contributed by atoms with Gasteiger partial charge in [-0.2, -0.15) is 5.10 Å². The topological polar surface area (TPSA) is 80.0 Å². The molecular weight excluding hydrogens is 340 g/mol. The highest BCUT2D eigenvalue weighted by Gasteiger charge is 2.59. The highest BCUT2D eigenvalue weighted by Crippen LogP contribution is 2.62. The van der Waals surface area contributed by atoms with Crippen molar-refractivity contribution in [2.75, 3.05) is 0 Å². The number of benzene rings is 1. The Bertz CT molecular complexity index is 849. The molecule has 6 rings (SSSR count). The van der Waals surface area contributed by atoms with Crippen LogP contribution in [0.3, 0.4) is 0 Å². The Morgan fingerprint density at radius 2 is 2.00 bits per heavy atom. The van der Waals surface area contributed by atoms with Crippen LogP contribution in [-0.2, 0) is 0 Å². The number of para-hydroxylation sites is 1. The van der Waals surface area contributed by atoms with Crippen LogP contribution in [0.4, 0.5) is 0 Å². The van der Waals surface area contributed by atoms with E-state index in [0.29, 0.717) is 17.4 Å². The van der Waals surface area contributed by atoms with Gasteiger partial charge in [0.1, 0.15) is 12.7 Å². The molecule has 3 atom stereocenters. The molecule has 4 bridgehead atoms. The summed E-state index contributed by atoms with van der Waals surface area (Å²) in [7, 11) is 0. The Morgan fingerprint density at radius 1 is 1.26 bits per heavy atom. The van der Waals surface area contributed by atoms with Crippen molar-refractivity contribution in [2.24, 2.45) is 17.3 Å². The molecule has 6 nitrogen and oxygen atoms in total. The van der Waals surface area contributed by atoms with Gasteiger partial charge in [-0.05, 0) is 74.8 Å². The Hall–Kier alpha value is -2.21. The average molecular weight is 366 g/mol. The Morgan fingerprint density at radius 3 is 2.67 bits per heavy atom. The van der Waals surface area contributed by atoms with Gasteiger partial charge in [0.2, 0.25) is 0 Å².